The molecule has 274 valence electrons. The number of alkyl halides is 3. The zero-order valence-corrected chi connectivity index (χ0v) is 29.9. The van der Waals surface area contributed by atoms with E-state index in [0.717, 1.165) is 49.4 Å². The van der Waals surface area contributed by atoms with Crippen molar-refractivity contribution < 1.29 is 27.4 Å². The highest BCUT2D eigenvalue weighted by Crippen LogP contribution is 2.46. The Labute approximate surface area is 302 Å². The van der Waals surface area contributed by atoms with E-state index in [1.165, 1.54) is 29.2 Å². The molecule has 0 saturated carbocycles. The predicted octanol–water partition coefficient (Wildman–Crippen LogP) is 6.24. The molecule has 0 radical (unpaired) electrons. The van der Waals surface area contributed by atoms with Gasteiger partial charge in [-0.05, 0) is 51.3 Å². The van der Waals surface area contributed by atoms with Crippen LogP contribution in [-0.2, 0) is 26.4 Å². The number of carbonyl (C=O) groups is 1. The van der Waals surface area contributed by atoms with Crippen LogP contribution in [0.2, 0.25) is 0 Å². The summed E-state index contributed by atoms with van der Waals surface area (Å²) >= 11 is 0. The van der Waals surface area contributed by atoms with Crippen molar-refractivity contribution in [3.63, 3.8) is 0 Å². The molecular formula is C39H44F3N7O3. The lowest BCUT2D eigenvalue weighted by atomic mass is 9.90. The number of benzene rings is 2. The third-order valence-electron chi connectivity index (χ3n) is 10.3. The molecule has 4 atom stereocenters. The molecule has 6 rings (SSSR count). The van der Waals surface area contributed by atoms with Gasteiger partial charge in [0.2, 0.25) is 0 Å². The molecule has 2 saturated heterocycles. The first-order valence-corrected chi connectivity index (χ1v) is 17.5. The zero-order chi connectivity index (χ0) is 37.2. The van der Waals surface area contributed by atoms with Crippen LogP contribution in [-0.4, -0.2) is 98.7 Å². The number of morpholine rings is 1. The van der Waals surface area contributed by atoms with Crippen molar-refractivity contribution in [2.75, 3.05) is 62.7 Å². The number of piperazine rings is 1. The second kappa shape index (κ2) is 15.1. The number of rotatable bonds is 9. The van der Waals surface area contributed by atoms with E-state index in [-0.39, 0.29) is 24.3 Å². The summed E-state index contributed by atoms with van der Waals surface area (Å²) in [6.07, 6.45) is -1.13. The Kier molecular flexibility index (Phi) is 10.7. The van der Waals surface area contributed by atoms with E-state index in [1.807, 2.05) is 37.3 Å². The van der Waals surface area contributed by atoms with Gasteiger partial charge in [0.15, 0.2) is 0 Å². The third-order valence-corrected chi connectivity index (χ3v) is 10.3. The summed E-state index contributed by atoms with van der Waals surface area (Å²) in [5.74, 6) is -0.434. The van der Waals surface area contributed by atoms with E-state index in [4.69, 9.17) is 14.5 Å². The lowest BCUT2D eigenvalue weighted by Gasteiger charge is -2.42. The van der Waals surface area contributed by atoms with Crippen LogP contribution in [0, 0.1) is 11.3 Å². The van der Waals surface area contributed by atoms with Gasteiger partial charge in [-0.2, -0.15) is 18.4 Å². The summed E-state index contributed by atoms with van der Waals surface area (Å²) in [4.78, 5) is 31.0. The number of ether oxygens (including phenoxy) is 2. The first-order valence-electron chi connectivity index (χ1n) is 17.5. The van der Waals surface area contributed by atoms with E-state index in [1.54, 1.807) is 19.1 Å². The van der Waals surface area contributed by atoms with Gasteiger partial charge in [-0.25, -0.2) is 4.98 Å². The Balaban J connectivity index is 1.11. The molecule has 3 aromatic rings. The van der Waals surface area contributed by atoms with Crippen molar-refractivity contribution in [1.29, 1.82) is 5.26 Å². The molecule has 10 nitrogen and oxygen atoms in total. The zero-order valence-electron chi connectivity index (χ0n) is 29.9. The first-order chi connectivity index (χ1) is 24.9. The fraction of sp³-hybridized carbons (Fsp3) is 0.436. The van der Waals surface area contributed by atoms with Crippen molar-refractivity contribution in [3.05, 3.63) is 88.6 Å². The standard InChI is InChI=1S/C39H44F3N7O3/c1-6-10-32-34(15-13-28(21-43)36(32)44-4)48-22-26(2)52-30(24-48)23-46-17-19-47(20-18-46)35-16-14-31-27(3)49(25-33(31)45-35)37(50)38(51-5,39(40,41)42)29-11-8-7-9-12-29/h6-16,26-27,30H,4,17-20,22-25H2,1-3,5H3/b10-6-/t26-,27+,30+,38?/m1/s1. The highest BCUT2D eigenvalue weighted by Gasteiger charge is 2.64. The first kappa shape index (κ1) is 37.0. The van der Waals surface area contributed by atoms with Gasteiger partial charge in [-0.15, -0.1) is 0 Å². The van der Waals surface area contributed by atoms with Gasteiger partial charge in [0.05, 0.1) is 41.7 Å². The molecule has 3 aliphatic rings. The van der Waals surface area contributed by atoms with Crippen LogP contribution in [0.4, 0.5) is 30.4 Å². The lowest BCUT2D eigenvalue weighted by molar-refractivity contribution is -0.271. The molecule has 1 unspecified atom stereocenters. The molecule has 0 bridgehead atoms. The Morgan fingerprint density at radius 3 is 2.44 bits per heavy atom. The maximum atomic E-state index is 14.7. The van der Waals surface area contributed by atoms with Gasteiger partial charge in [0.25, 0.3) is 11.5 Å². The topological polar surface area (TPSA) is 97.5 Å². The van der Waals surface area contributed by atoms with Crippen molar-refractivity contribution in [2.45, 2.75) is 57.3 Å². The van der Waals surface area contributed by atoms with Crippen molar-refractivity contribution in [1.82, 2.24) is 14.8 Å². The number of allylic oxidation sites excluding steroid dienone is 1. The monoisotopic (exact) mass is 715 g/mol. The number of fused-ring (bicyclic) bond motifs is 1. The van der Waals surface area contributed by atoms with E-state index < -0.39 is 23.7 Å². The highest BCUT2D eigenvalue weighted by atomic mass is 19.4. The molecule has 3 aliphatic heterocycles. The number of pyridine rings is 1. The number of nitriles is 1. The number of amides is 1. The normalized spacial score (nSPS) is 22.3. The maximum Gasteiger partial charge on any atom is 0.430 e. The van der Waals surface area contributed by atoms with Crippen LogP contribution in [0.3, 0.4) is 0 Å². The molecule has 0 N–H and O–H groups in total. The summed E-state index contributed by atoms with van der Waals surface area (Å²) in [6.45, 7) is 14.5. The summed E-state index contributed by atoms with van der Waals surface area (Å²) < 4.78 is 55.6. The smallest absolute Gasteiger partial charge is 0.370 e. The minimum Gasteiger partial charge on any atom is -0.370 e. The molecule has 0 aliphatic carbocycles. The SMILES string of the molecule is C=Nc1c(C#N)ccc(N2C[C@H](CN3CCN(c4ccc5c(n4)CN(C(=O)C(OC)(c4ccccc4)C(F)(F)F)[C@H]5C)CC3)O[C@H](C)C2)c1/C=C\C. The number of aromatic nitrogens is 1. The van der Waals surface area contributed by atoms with Crippen LogP contribution in [0.15, 0.2) is 65.7 Å². The number of halogens is 3. The molecule has 13 heteroatoms. The number of aliphatic imine (C=N–C) groups is 1. The van der Waals surface area contributed by atoms with Crippen molar-refractivity contribution in [2.24, 2.45) is 4.99 Å². The second-order valence-electron chi connectivity index (χ2n) is 13.5. The fourth-order valence-electron chi connectivity index (χ4n) is 7.76. The number of hydrogen-bond acceptors (Lipinski definition) is 9. The van der Waals surface area contributed by atoms with Crippen molar-refractivity contribution >= 4 is 35.9 Å². The third kappa shape index (κ3) is 6.78. The molecule has 1 aromatic heterocycles. The van der Waals surface area contributed by atoms with Gasteiger partial charge >= 0.3 is 6.18 Å². The van der Waals surface area contributed by atoms with Crippen LogP contribution >= 0.6 is 0 Å². The Morgan fingerprint density at radius 1 is 1.08 bits per heavy atom. The minimum atomic E-state index is -4.99. The summed E-state index contributed by atoms with van der Waals surface area (Å²) in [7, 11) is 0.923. The Morgan fingerprint density at radius 2 is 1.81 bits per heavy atom. The van der Waals surface area contributed by atoms with E-state index in [9.17, 15) is 23.2 Å². The van der Waals surface area contributed by atoms with Gasteiger partial charge in [-0.1, -0.05) is 48.6 Å². The minimum absolute atomic E-state index is 0.00314. The number of anilines is 2. The fourth-order valence-corrected chi connectivity index (χ4v) is 7.76. The van der Waals surface area contributed by atoms with Crippen LogP contribution in [0.1, 0.15) is 54.8 Å². The number of hydrogen-bond donors (Lipinski definition) is 0. The van der Waals surface area contributed by atoms with Crippen LogP contribution in [0.25, 0.3) is 6.08 Å². The molecular weight excluding hydrogens is 671 g/mol. The number of methoxy groups -OCH3 is 1. The largest absolute Gasteiger partial charge is 0.430 e. The number of carbonyl (C=O) groups excluding carboxylic acids is 1. The van der Waals surface area contributed by atoms with Gasteiger partial charge in [0.1, 0.15) is 11.9 Å². The average molecular weight is 716 g/mol. The van der Waals surface area contributed by atoms with E-state index in [0.29, 0.717) is 43.1 Å². The molecule has 52 heavy (non-hydrogen) atoms. The van der Waals surface area contributed by atoms with Crippen molar-refractivity contribution in [3.8, 4) is 6.07 Å². The lowest BCUT2D eigenvalue weighted by Crippen LogP contribution is -2.56. The molecule has 2 aromatic carbocycles. The van der Waals surface area contributed by atoms with Crippen LogP contribution in [0.5, 0.6) is 0 Å². The average Bonchev–Trinajstić information content (AvgIpc) is 3.47. The van der Waals surface area contributed by atoms with E-state index >= 15 is 0 Å². The second-order valence-corrected chi connectivity index (χ2v) is 13.5. The van der Waals surface area contributed by atoms with Gasteiger partial charge < -0.3 is 24.2 Å². The van der Waals surface area contributed by atoms with Crippen LogP contribution < -0.4 is 9.80 Å². The Hall–Kier alpha value is -4.77. The number of nitrogens with zero attached hydrogens (tertiary/aromatic N) is 7. The van der Waals surface area contributed by atoms with E-state index in [2.05, 4.69) is 39.4 Å². The molecule has 4 heterocycles. The molecule has 2 fully saturated rings. The highest BCUT2D eigenvalue weighted by molar-refractivity contribution is 5.88. The maximum absolute atomic E-state index is 14.7. The summed E-state index contributed by atoms with van der Waals surface area (Å²) in [6, 6.07) is 16.2. The summed E-state index contributed by atoms with van der Waals surface area (Å²) in [5.41, 5.74) is 0.833. The predicted molar refractivity (Wildman–Crippen MR) is 195 cm³/mol. The molecule has 1 amide bonds. The summed E-state index contributed by atoms with van der Waals surface area (Å²) in [5, 5.41) is 9.62. The van der Waals surface area contributed by atoms with Gasteiger partial charge in [0, 0.05) is 69.7 Å². The molecule has 0 spiro atoms. The Bertz CT molecular complexity index is 1860. The van der Waals surface area contributed by atoms with Gasteiger partial charge in [-0.3, -0.25) is 14.7 Å². The quantitative estimate of drug-likeness (QED) is 0.240.